The van der Waals surface area contributed by atoms with Gasteiger partial charge < -0.3 is 19.3 Å². The van der Waals surface area contributed by atoms with Gasteiger partial charge in [-0.3, -0.25) is 4.79 Å². The van der Waals surface area contributed by atoms with E-state index in [0.717, 1.165) is 69.1 Å². The summed E-state index contributed by atoms with van der Waals surface area (Å²) >= 11 is 0. The third kappa shape index (κ3) is 16.0. The van der Waals surface area contributed by atoms with Gasteiger partial charge >= 0.3 is 5.97 Å². The molecule has 1 aromatic rings. The van der Waals surface area contributed by atoms with Gasteiger partial charge in [0.25, 0.3) is 0 Å². The second kappa shape index (κ2) is 23.3. The van der Waals surface area contributed by atoms with Gasteiger partial charge in [-0.25, -0.2) is 4.79 Å². The fraction of sp³-hybridized carbons (Fsp3) is 0.784. The number of aliphatic hydroxyl groups is 1. The van der Waals surface area contributed by atoms with Crippen LogP contribution in [0.1, 0.15) is 184 Å². The predicted octanol–water partition coefficient (Wildman–Crippen LogP) is 10.2. The van der Waals surface area contributed by atoms with Crippen LogP contribution in [0.4, 0.5) is 0 Å². The zero-order chi connectivity index (χ0) is 31.1. The summed E-state index contributed by atoms with van der Waals surface area (Å²) in [6.07, 6.45) is 25.3. The van der Waals surface area contributed by atoms with Crippen molar-refractivity contribution in [3.8, 4) is 11.5 Å². The smallest absolute Gasteiger partial charge is 0.342 e. The molecular formula is C37H62O6. The molecule has 1 aliphatic heterocycles. The van der Waals surface area contributed by atoms with Crippen molar-refractivity contribution in [3.63, 3.8) is 0 Å². The summed E-state index contributed by atoms with van der Waals surface area (Å²) in [6.45, 7) is 4.67. The van der Waals surface area contributed by atoms with Gasteiger partial charge in [0, 0.05) is 24.5 Å². The van der Waals surface area contributed by atoms with E-state index in [1.165, 1.54) is 70.6 Å². The normalized spacial score (nSPS) is 14.9. The first-order valence-corrected chi connectivity index (χ1v) is 17.7. The zero-order valence-electron chi connectivity index (χ0n) is 27.8. The van der Waals surface area contributed by atoms with E-state index < -0.39 is 6.10 Å². The maximum absolute atomic E-state index is 12.6. The molecule has 0 amide bonds. The Kier molecular flexibility index (Phi) is 20.1. The van der Waals surface area contributed by atoms with Gasteiger partial charge in [0.1, 0.15) is 28.9 Å². The summed E-state index contributed by atoms with van der Waals surface area (Å²) in [7, 11) is 1.59. The van der Waals surface area contributed by atoms with Crippen LogP contribution in [0.3, 0.4) is 0 Å². The fourth-order valence-electron chi connectivity index (χ4n) is 5.96. The number of rotatable bonds is 28. The average molecular weight is 603 g/mol. The van der Waals surface area contributed by atoms with E-state index in [1.807, 2.05) is 12.1 Å². The summed E-state index contributed by atoms with van der Waals surface area (Å²) in [5.41, 5.74) is 1.45. The molecule has 6 heteroatoms. The predicted molar refractivity (Wildman–Crippen MR) is 175 cm³/mol. The summed E-state index contributed by atoms with van der Waals surface area (Å²) in [5, 5.41) is 9.29. The molecule has 0 radical (unpaired) electrons. The SMILES string of the molecule is CCCCCCCCCCCCCCOc1cc(OC)c2c(c1)C(CCCCCCCCCC(=O)CCC(C)O)OC2=O. The van der Waals surface area contributed by atoms with E-state index in [0.29, 0.717) is 37.2 Å². The van der Waals surface area contributed by atoms with Gasteiger partial charge in [0.05, 0.1) is 19.8 Å². The lowest BCUT2D eigenvalue weighted by molar-refractivity contribution is -0.119. The molecule has 2 unspecified atom stereocenters. The number of carbonyl (C=O) groups is 2. The summed E-state index contributed by atoms with van der Waals surface area (Å²) < 4.78 is 17.4. The number of ether oxygens (including phenoxy) is 3. The summed E-state index contributed by atoms with van der Waals surface area (Å²) in [4.78, 5) is 24.4. The number of hydrogen-bond donors (Lipinski definition) is 1. The van der Waals surface area contributed by atoms with Gasteiger partial charge in [-0.2, -0.15) is 0 Å². The van der Waals surface area contributed by atoms with E-state index in [-0.39, 0.29) is 17.9 Å². The molecule has 0 spiro atoms. The van der Waals surface area contributed by atoms with Crippen molar-refractivity contribution in [2.24, 2.45) is 0 Å². The number of esters is 1. The van der Waals surface area contributed by atoms with Crippen LogP contribution in [0.15, 0.2) is 12.1 Å². The van der Waals surface area contributed by atoms with E-state index >= 15 is 0 Å². The van der Waals surface area contributed by atoms with Gasteiger partial charge in [0.15, 0.2) is 0 Å². The third-order valence-corrected chi connectivity index (χ3v) is 8.66. The second-order valence-corrected chi connectivity index (χ2v) is 12.7. The molecule has 1 heterocycles. The number of unbranched alkanes of at least 4 members (excludes halogenated alkanes) is 17. The molecule has 0 aromatic heterocycles. The van der Waals surface area contributed by atoms with Crippen LogP contribution in [0.25, 0.3) is 0 Å². The molecule has 1 aromatic carbocycles. The second-order valence-electron chi connectivity index (χ2n) is 12.7. The number of aliphatic hydroxyl groups excluding tert-OH is 1. The molecule has 0 fully saturated rings. The minimum absolute atomic E-state index is 0.237. The minimum Gasteiger partial charge on any atom is -0.496 e. The summed E-state index contributed by atoms with van der Waals surface area (Å²) in [5.74, 6) is 1.26. The molecule has 0 saturated carbocycles. The number of ketones is 1. The third-order valence-electron chi connectivity index (χ3n) is 8.66. The van der Waals surface area contributed by atoms with Crippen molar-refractivity contribution in [2.75, 3.05) is 13.7 Å². The van der Waals surface area contributed by atoms with Crippen LogP contribution in [0, 0.1) is 0 Å². The molecule has 2 atom stereocenters. The Hall–Kier alpha value is -2.08. The Balaban J connectivity index is 1.60. The topological polar surface area (TPSA) is 82.1 Å². The lowest BCUT2D eigenvalue weighted by Gasteiger charge is -2.13. The van der Waals surface area contributed by atoms with Crippen LogP contribution < -0.4 is 9.47 Å². The molecule has 6 nitrogen and oxygen atoms in total. The molecule has 2 rings (SSSR count). The molecular weight excluding hydrogens is 540 g/mol. The number of fused-ring (bicyclic) bond motifs is 1. The number of benzene rings is 1. The maximum atomic E-state index is 12.6. The van der Waals surface area contributed by atoms with Crippen molar-refractivity contribution in [1.82, 2.24) is 0 Å². The Bertz CT molecular complexity index is 895. The Morgan fingerprint density at radius 3 is 1.95 bits per heavy atom. The quantitative estimate of drug-likeness (QED) is 0.0759. The van der Waals surface area contributed by atoms with Gasteiger partial charge in [-0.05, 0) is 45.1 Å². The van der Waals surface area contributed by atoms with Gasteiger partial charge in [-0.15, -0.1) is 0 Å². The van der Waals surface area contributed by atoms with E-state index in [2.05, 4.69) is 6.92 Å². The highest BCUT2D eigenvalue weighted by molar-refractivity contribution is 5.97. The van der Waals surface area contributed by atoms with Crippen LogP contribution >= 0.6 is 0 Å². The molecule has 1 N–H and O–H groups in total. The first-order chi connectivity index (χ1) is 21.0. The Morgan fingerprint density at radius 1 is 0.814 bits per heavy atom. The number of Topliss-reactive ketones (excluding diaryl/α,β-unsaturated/α-hetero) is 1. The number of methoxy groups -OCH3 is 1. The van der Waals surface area contributed by atoms with Crippen LogP contribution in [0.2, 0.25) is 0 Å². The van der Waals surface area contributed by atoms with E-state index in [4.69, 9.17) is 14.2 Å². The first-order valence-electron chi connectivity index (χ1n) is 17.7. The lowest BCUT2D eigenvalue weighted by atomic mass is 9.98. The Labute approximate surface area is 262 Å². The van der Waals surface area contributed by atoms with Crippen LogP contribution in [-0.2, 0) is 9.53 Å². The number of cyclic esters (lactones) is 1. The largest absolute Gasteiger partial charge is 0.496 e. The monoisotopic (exact) mass is 602 g/mol. The minimum atomic E-state index is -0.392. The standard InChI is InChI=1S/C37H62O6/c1-4-5-6-7-8-9-10-11-12-16-19-22-27-42-32-28-33-34(43-37(40)36(33)35(29-32)41-3)24-21-18-15-13-14-17-20-23-31(39)26-25-30(2)38/h28-30,34,38H,4-27H2,1-3H3. The van der Waals surface area contributed by atoms with Crippen molar-refractivity contribution < 1.29 is 28.9 Å². The van der Waals surface area contributed by atoms with Crippen LogP contribution in [0.5, 0.6) is 11.5 Å². The average Bonchev–Trinajstić information content (AvgIpc) is 3.31. The van der Waals surface area contributed by atoms with Crippen molar-refractivity contribution in [2.45, 2.75) is 174 Å². The molecule has 0 aliphatic carbocycles. The van der Waals surface area contributed by atoms with Crippen molar-refractivity contribution in [3.05, 3.63) is 23.3 Å². The van der Waals surface area contributed by atoms with Crippen LogP contribution in [-0.4, -0.2) is 36.7 Å². The molecule has 43 heavy (non-hydrogen) atoms. The molecule has 0 saturated heterocycles. The van der Waals surface area contributed by atoms with Gasteiger partial charge in [0.2, 0.25) is 0 Å². The highest BCUT2D eigenvalue weighted by Gasteiger charge is 2.34. The molecule has 246 valence electrons. The fourth-order valence-corrected chi connectivity index (χ4v) is 5.96. The van der Waals surface area contributed by atoms with Crippen molar-refractivity contribution in [1.29, 1.82) is 0 Å². The zero-order valence-corrected chi connectivity index (χ0v) is 27.8. The highest BCUT2D eigenvalue weighted by atomic mass is 16.6. The molecule has 0 bridgehead atoms. The van der Waals surface area contributed by atoms with E-state index in [1.54, 1.807) is 14.0 Å². The van der Waals surface area contributed by atoms with Crippen molar-refractivity contribution >= 4 is 11.8 Å². The Morgan fingerprint density at radius 2 is 1.37 bits per heavy atom. The lowest BCUT2D eigenvalue weighted by Crippen LogP contribution is -2.05. The molecule has 1 aliphatic rings. The highest BCUT2D eigenvalue weighted by Crippen LogP contribution is 2.42. The van der Waals surface area contributed by atoms with E-state index in [9.17, 15) is 14.7 Å². The van der Waals surface area contributed by atoms with Gasteiger partial charge in [-0.1, -0.05) is 110 Å². The first kappa shape index (κ1) is 37.1. The maximum Gasteiger partial charge on any atom is 0.342 e. The number of carbonyl (C=O) groups excluding carboxylic acids is 2. The number of hydrogen-bond acceptors (Lipinski definition) is 6. The summed E-state index contributed by atoms with van der Waals surface area (Å²) in [6, 6.07) is 3.81.